The van der Waals surface area contributed by atoms with E-state index in [9.17, 15) is 26.4 Å². The highest BCUT2D eigenvalue weighted by molar-refractivity contribution is 7.94. The normalized spacial score (nSPS) is 19.1. The molecule has 0 aliphatic carbocycles. The van der Waals surface area contributed by atoms with Gasteiger partial charge in [-0.05, 0) is 32.0 Å². The molecule has 0 bridgehead atoms. The highest BCUT2D eigenvalue weighted by Gasteiger charge is 2.42. The predicted molar refractivity (Wildman–Crippen MR) is 113 cm³/mol. The minimum absolute atomic E-state index is 0.0990. The molecule has 1 fully saturated rings. The number of aromatic nitrogens is 1. The molecule has 174 valence electrons. The number of aryl methyl sites for hydroxylation is 1. The van der Waals surface area contributed by atoms with E-state index in [0.29, 0.717) is 10.1 Å². The molecular weight excluding hydrogens is 464 g/mol. The third-order valence-corrected chi connectivity index (χ3v) is 8.07. The molecule has 1 unspecified atom stereocenters. The first-order chi connectivity index (χ1) is 14.9. The summed E-state index contributed by atoms with van der Waals surface area (Å²) >= 11 is 0. The molecular formula is C18H22N4O8S2. The van der Waals surface area contributed by atoms with Gasteiger partial charge in [0.15, 0.2) is 5.82 Å². The Morgan fingerprint density at radius 1 is 1.34 bits per heavy atom. The predicted octanol–water partition coefficient (Wildman–Crippen LogP) is 0.610. The minimum Gasteiger partial charge on any atom is -0.495 e. The van der Waals surface area contributed by atoms with Crippen molar-refractivity contribution in [1.82, 2.24) is 9.88 Å². The zero-order chi connectivity index (χ0) is 23.8. The lowest BCUT2D eigenvalue weighted by molar-refractivity contribution is -0.119. The van der Waals surface area contributed by atoms with Crippen LogP contribution in [-0.4, -0.2) is 52.7 Å². The molecule has 3 rings (SSSR count). The summed E-state index contributed by atoms with van der Waals surface area (Å²) in [5.74, 6) is -2.04. The van der Waals surface area contributed by atoms with Gasteiger partial charge < -0.3 is 14.6 Å². The average Bonchev–Trinajstić information content (AvgIpc) is 3.19. The van der Waals surface area contributed by atoms with Gasteiger partial charge in [0, 0.05) is 6.07 Å². The molecule has 12 nitrogen and oxygen atoms in total. The molecule has 0 radical (unpaired) electrons. The molecule has 1 aromatic carbocycles. The summed E-state index contributed by atoms with van der Waals surface area (Å²) < 4.78 is 63.5. The van der Waals surface area contributed by atoms with Crippen molar-refractivity contribution in [3.8, 4) is 5.75 Å². The largest absolute Gasteiger partial charge is 0.495 e. The van der Waals surface area contributed by atoms with E-state index < -0.39 is 48.7 Å². The number of carbonyl (C=O) groups excluding carboxylic acids is 2. The highest BCUT2D eigenvalue weighted by Crippen LogP contribution is 2.34. The molecule has 0 spiro atoms. The van der Waals surface area contributed by atoms with Crippen LogP contribution in [0, 0.1) is 12.8 Å². The van der Waals surface area contributed by atoms with Gasteiger partial charge in [-0.3, -0.25) is 9.59 Å². The van der Waals surface area contributed by atoms with E-state index in [4.69, 9.17) is 9.26 Å². The van der Waals surface area contributed by atoms with Gasteiger partial charge in [0.25, 0.3) is 0 Å². The smallest absolute Gasteiger partial charge is 0.245 e. The number of ether oxygens (including phenoxy) is 1. The second-order valence-corrected chi connectivity index (χ2v) is 10.8. The van der Waals surface area contributed by atoms with Crippen molar-refractivity contribution < 1.29 is 35.7 Å². The van der Waals surface area contributed by atoms with Gasteiger partial charge >= 0.3 is 0 Å². The van der Waals surface area contributed by atoms with E-state index in [-0.39, 0.29) is 23.0 Å². The molecule has 1 aromatic heterocycles. The molecule has 2 atom stereocenters. The van der Waals surface area contributed by atoms with Crippen LogP contribution in [0.2, 0.25) is 0 Å². The van der Waals surface area contributed by atoms with Crippen LogP contribution in [0.1, 0.15) is 19.6 Å². The van der Waals surface area contributed by atoms with Crippen LogP contribution in [0.5, 0.6) is 5.75 Å². The van der Waals surface area contributed by atoms with Crippen LogP contribution in [0.15, 0.2) is 33.7 Å². The van der Waals surface area contributed by atoms with E-state index in [1.54, 1.807) is 6.92 Å². The molecule has 0 saturated carbocycles. The molecule has 1 saturated heterocycles. The number of anilines is 2. The van der Waals surface area contributed by atoms with Crippen molar-refractivity contribution in [2.75, 3.05) is 22.5 Å². The molecule has 2 aromatic rings. The number of nitrogens with one attached hydrogen (secondary N) is 2. The molecule has 32 heavy (non-hydrogen) atoms. The minimum atomic E-state index is -4.37. The maximum Gasteiger partial charge on any atom is 0.245 e. The topological polar surface area (TPSA) is 165 Å². The van der Waals surface area contributed by atoms with E-state index in [2.05, 4.69) is 15.2 Å². The molecule has 2 N–H and O–H groups in total. The highest BCUT2D eigenvalue weighted by atomic mass is 32.2. The first-order valence-electron chi connectivity index (χ1n) is 9.37. The molecule has 2 amide bonds. The lowest BCUT2D eigenvalue weighted by Crippen LogP contribution is -2.41. The molecule has 1 aliphatic rings. The Hall–Kier alpha value is -2.97. The summed E-state index contributed by atoms with van der Waals surface area (Å²) in [6.07, 6.45) is 0. The van der Waals surface area contributed by atoms with Gasteiger partial charge in [-0.15, -0.1) is 0 Å². The van der Waals surface area contributed by atoms with E-state index in [1.165, 1.54) is 39.2 Å². The van der Waals surface area contributed by atoms with Crippen molar-refractivity contribution in [2.24, 2.45) is 5.92 Å². The number of nitrogens with zero attached hydrogens (tertiary/aromatic N) is 2. The second kappa shape index (κ2) is 8.52. The van der Waals surface area contributed by atoms with Crippen molar-refractivity contribution in [3.63, 3.8) is 0 Å². The number of benzene rings is 1. The number of hydrogen-bond acceptors (Lipinski definition) is 9. The number of sulfonamides is 2. The van der Waals surface area contributed by atoms with Crippen molar-refractivity contribution in [2.45, 2.75) is 31.7 Å². The number of methoxy groups -OCH3 is 1. The molecule has 14 heteroatoms. The second-order valence-electron chi connectivity index (χ2n) is 7.27. The van der Waals surface area contributed by atoms with Gasteiger partial charge in [-0.25, -0.2) is 21.1 Å². The van der Waals surface area contributed by atoms with Crippen molar-refractivity contribution in [1.29, 1.82) is 0 Å². The van der Waals surface area contributed by atoms with Crippen LogP contribution < -0.4 is 19.1 Å². The number of amides is 2. The Morgan fingerprint density at radius 2 is 2.03 bits per heavy atom. The Bertz CT molecular complexity index is 1270. The Labute approximate surface area is 185 Å². The monoisotopic (exact) mass is 486 g/mol. The van der Waals surface area contributed by atoms with Crippen LogP contribution in [0.3, 0.4) is 0 Å². The van der Waals surface area contributed by atoms with Crippen LogP contribution in [0.4, 0.5) is 11.5 Å². The zero-order valence-electron chi connectivity index (χ0n) is 17.6. The standard InChI is InChI=1S/C18H22N4O8S2/c1-10-9-31(25,26)22(18(10)24)13-5-6-14(29-4)15(8-13)32(27,28)21-12(3)17(23)19-16-7-11(2)30-20-16/h5-8,10,12,21H,9H2,1-4H3,(H,19,20,23)/t10?,12-/m0/s1. The lowest BCUT2D eigenvalue weighted by Gasteiger charge is -2.19. The Morgan fingerprint density at radius 3 is 2.56 bits per heavy atom. The van der Waals surface area contributed by atoms with E-state index in [0.717, 1.165) is 6.07 Å². The fraction of sp³-hybridized carbons (Fsp3) is 0.389. The number of hydrogen-bond donors (Lipinski definition) is 2. The summed E-state index contributed by atoms with van der Waals surface area (Å²) in [4.78, 5) is 24.3. The van der Waals surface area contributed by atoms with Crippen molar-refractivity contribution in [3.05, 3.63) is 30.0 Å². The average molecular weight is 487 g/mol. The summed E-state index contributed by atoms with van der Waals surface area (Å²) in [5.41, 5.74) is -0.143. The fourth-order valence-electron chi connectivity index (χ4n) is 3.10. The third kappa shape index (κ3) is 4.61. The van der Waals surface area contributed by atoms with Crippen molar-refractivity contribution >= 4 is 43.4 Å². The third-order valence-electron chi connectivity index (χ3n) is 4.64. The maximum absolute atomic E-state index is 13.0. The van der Waals surface area contributed by atoms with Gasteiger partial charge in [-0.1, -0.05) is 12.1 Å². The lowest BCUT2D eigenvalue weighted by atomic mass is 10.2. The maximum atomic E-state index is 13.0. The first-order valence-corrected chi connectivity index (χ1v) is 12.5. The van der Waals surface area contributed by atoms with Gasteiger partial charge in [-0.2, -0.15) is 4.72 Å². The van der Waals surface area contributed by atoms with E-state index in [1.807, 2.05) is 0 Å². The van der Waals surface area contributed by atoms with E-state index >= 15 is 0 Å². The van der Waals surface area contributed by atoms with Crippen LogP contribution >= 0.6 is 0 Å². The van der Waals surface area contributed by atoms with Gasteiger partial charge in [0.2, 0.25) is 31.9 Å². The summed E-state index contributed by atoms with van der Waals surface area (Å²) in [6, 6.07) is 3.75. The summed E-state index contributed by atoms with van der Waals surface area (Å²) in [5, 5.41) is 6.01. The first kappa shape index (κ1) is 23.7. The quantitative estimate of drug-likeness (QED) is 0.570. The number of carbonyl (C=O) groups is 2. The SMILES string of the molecule is COc1ccc(N2C(=O)C(C)CS2(=O)=O)cc1S(=O)(=O)N[C@@H](C)C(=O)Nc1cc(C)on1. The summed E-state index contributed by atoms with van der Waals surface area (Å²) in [7, 11) is -7.08. The Balaban J connectivity index is 1.90. The molecule has 1 aliphatic heterocycles. The summed E-state index contributed by atoms with van der Waals surface area (Å²) in [6.45, 7) is 4.41. The van der Waals surface area contributed by atoms with Crippen LogP contribution in [0.25, 0.3) is 0 Å². The fourth-order valence-corrected chi connectivity index (χ4v) is 6.30. The number of rotatable bonds is 7. The molecule has 2 heterocycles. The van der Waals surface area contributed by atoms with Crippen LogP contribution in [-0.2, 0) is 29.6 Å². The van der Waals surface area contributed by atoms with Gasteiger partial charge in [0.1, 0.15) is 16.4 Å². The van der Waals surface area contributed by atoms with Gasteiger partial charge in [0.05, 0.1) is 30.5 Å². The Kier molecular flexibility index (Phi) is 6.31. The zero-order valence-corrected chi connectivity index (χ0v) is 19.3.